The van der Waals surface area contributed by atoms with Gasteiger partial charge in [-0.2, -0.15) is 0 Å². The zero-order valence-corrected chi connectivity index (χ0v) is 15.1. The molecule has 0 aromatic carbocycles. The van der Waals surface area contributed by atoms with Crippen LogP contribution >= 0.6 is 11.3 Å². The minimum atomic E-state index is -0.236. The molecular weight excluding hydrogens is 338 g/mol. The fourth-order valence-corrected chi connectivity index (χ4v) is 3.48. The maximum absolute atomic E-state index is 12.5. The van der Waals surface area contributed by atoms with Crippen molar-refractivity contribution < 1.29 is 9.59 Å². The van der Waals surface area contributed by atoms with Gasteiger partial charge in [0, 0.05) is 24.2 Å². The summed E-state index contributed by atoms with van der Waals surface area (Å²) in [6.45, 7) is 4.80. The third-order valence-corrected chi connectivity index (χ3v) is 4.93. The molecule has 1 aliphatic rings. The van der Waals surface area contributed by atoms with E-state index in [2.05, 4.69) is 20.6 Å². The van der Waals surface area contributed by atoms with Crippen molar-refractivity contribution in [2.75, 3.05) is 23.7 Å². The van der Waals surface area contributed by atoms with Crippen LogP contribution in [0.15, 0.2) is 23.6 Å². The summed E-state index contributed by atoms with van der Waals surface area (Å²) in [6, 6.07) is 5.29. The number of hydrogen-bond donors (Lipinski definition) is 2. The first-order valence-electron chi connectivity index (χ1n) is 8.24. The third kappa shape index (κ3) is 4.54. The second-order valence-corrected chi connectivity index (χ2v) is 7.02. The summed E-state index contributed by atoms with van der Waals surface area (Å²) in [6.07, 6.45) is 1.56. The number of rotatable bonds is 3. The van der Waals surface area contributed by atoms with Gasteiger partial charge in [-0.25, -0.2) is 14.8 Å². The molecule has 1 fully saturated rings. The highest BCUT2D eigenvalue weighted by molar-refractivity contribution is 7.13. The Morgan fingerprint density at radius 3 is 2.76 bits per heavy atom. The van der Waals surface area contributed by atoms with Crippen molar-refractivity contribution in [2.45, 2.75) is 26.7 Å². The number of carbonyl (C=O) groups is 2. The van der Waals surface area contributed by atoms with Crippen LogP contribution in [0.1, 0.15) is 24.2 Å². The topological polar surface area (TPSA) is 87.2 Å². The fourth-order valence-electron chi connectivity index (χ4n) is 2.80. The molecule has 25 heavy (non-hydrogen) atoms. The number of thiazole rings is 1. The van der Waals surface area contributed by atoms with Crippen LogP contribution in [0.5, 0.6) is 0 Å². The maximum atomic E-state index is 12.5. The zero-order valence-electron chi connectivity index (χ0n) is 14.3. The second kappa shape index (κ2) is 7.60. The van der Waals surface area contributed by atoms with E-state index in [9.17, 15) is 9.59 Å². The average Bonchev–Trinajstić information content (AvgIpc) is 3.00. The van der Waals surface area contributed by atoms with Crippen molar-refractivity contribution in [2.24, 2.45) is 5.92 Å². The number of hydrogen-bond acceptors (Lipinski definition) is 5. The number of aromatic nitrogens is 2. The minimum Gasteiger partial charge on any atom is -0.324 e. The molecule has 1 unspecified atom stereocenters. The predicted molar refractivity (Wildman–Crippen MR) is 97.8 cm³/mol. The molecule has 3 rings (SSSR count). The first kappa shape index (κ1) is 17.3. The van der Waals surface area contributed by atoms with E-state index >= 15 is 0 Å². The van der Waals surface area contributed by atoms with E-state index in [-0.39, 0.29) is 17.9 Å². The lowest BCUT2D eigenvalue weighted by Gasteiger charge is -2.31. The van der Waals surface area contributed by atoms with Crippen molar-refractivity contribution >= 4 is 34.2 Å². The molecule has 7 nitrogen and oxygen atoms in total. The molecule has 2 aromatic rings. The summed E-state index contributed by atoms with van der Waals surface area (Å²) in [5.41, 5.74) is 1.73. The Hall–Kier alpha value is -2.48. The van der Waals surface area contributed by atoms with Crippen LogP contribution in [0.25, 0.3) is 0 Å². The predicted octanol–water partition coefficient (Wildman–Crippen LogP) is 3.04. The van der Waals surface area contributed by atoms with Gasteiger partial charge < -0.3 is 10.2 Å². The van der Waals surface area contributed by atoms with Gasteiger partial charge in [0.1, 0.15) is 5.82 Å². The van der Waals surface area contributed by atoms with E-state index in [0.717, 1.165) is 24.2 Å². The molecule has 0 spiro atoms. The zero-order chi connectivity index (χ0) is 17.8. The van der Waals surface area contributed by atoms with Crippen LogP contribution in [0, 0.1) is 19.8 Å². The lowest BCUT2D eigenvalue weighted by molar-refractivity contribution is -0.121. The Morgan fingerprint density at radius 2 is 2.04 bits per heavy atom. The van der Waals surface area contributed by atoms with E-state index in [1.54, 1.807) is 11.0 Å². The number of piperidine rings is 1. The van der Waals surface area contributed by atoms with Gasteiger partial charge in [0.05, 0.1) is 11.6 Å². The van der Waals surface area contributed by atoms with Crippen molar-refractivity contribution in [1.82, 2.24) is 14.9 Å². The Balaban J connectivity index is 1.58. The van der Waals surface area contributed by atoms with Crippen LogP contribution in [-0.4, -0.2) is 39.9 Å². The molecule has 1 saturated heterocycles. The first-order valence-corrected chi connectivity index (χ1v) is 9.12. The van der Waals surface area contributed by atoms with Gasteiger partial charge >= 0.3 is 6.03 Å². The molecule has 1 atom stereocenters. The second-order valence-electron chi connectivity index (χ2n) is 6.16. The number of amides is 3. The number of nitrogens with zero attached hydrogens (tertiary/aromatic N) is 3. The molecule has 0 radical (unpaired) electrons. The molecule has 8 heteroatoms. The van der Waals surface area contributed by atoms with Crippen LogP contribution in [0.4, 0.5) is 15.7 Å². The van der Waals surface area contributed by atoms with Gasteiger partial charge in [0.2, 0.25) is 5.91 Å². The molecule has 1 aliphatic heterocycles. The van der Waals surface area contributed by atoms with E-state index < -0.39 is 0 Å². The number of anilines is 2. The van der Waals surface area contributed by atoms with Crippen molar-refractivity contribution in [3.05, 3.63) is 35.0 Å². The molecule has 0 saturated carbocycles. The largest absolute Gasteiger partial charge is 0.324 e. The highest BCUT2D eigenvalue weighted by Gasteiger charge is 2.29. The summed E-state index contributed by atoms with van der Waals surface area (Å²) in [5.74, 6) is 0.213. The smallest absolute Gasteiger partial charge is 0.323 e. The van der Waals surface area contributed by atoms with E-state index in [0.29, 0.717) is 24.0 Å². The van der Waals surface area contributed by atoms with Crippen molar-refractivity contribution in [1.29, 1.82) is 0 Å². The van der Waals surface area contributed by atoms with Crippen LogP contribution in [0.3, 0.4) is 0 Å². The van der Waals surface area contributed by atoms with Crippen LogP contribution < -0.4 is 10.6 Å². The summed E-state index contributed by atoms with van der Waals surface area (Å²) in [4.78, 5) is 35.1. The Bertz CT molecular complexity index is 776. The summed E-state index contributed by atoms with van der Waals surface area (Å²) in [5, 5.41) is 8.11. The molecule has 2 N–H and O–H groups in total. The highest BCUT2D eigenvalue weighted by atomic mass is 32.1. The van der Waals surface area contributed by atoms with Gasteiger partial charge in [-0.1, -0.05) is 6.07 Å². The molecular formula is C17H21N5O2S. The number of aryl methyl sites for hydroxylation is 2. The lowest BCUT2D eigenvalue weighted by Crippen LogP contribution is -2.45. The number of likely N-dealkylation sites (tertiary alicyclic amines) is 1. The van der Waals surface area contributed by atoms with Crippen molar-refractivity contribution in [3.8, 4) is 0 Å². The number of urea groups is 1. The minimum absolute atomic E-state index is 0.0966. The SMILES string of the molecule is Cc1cccc(NC(=O)C2CCCN(C(=O)Nc3nc(C)cs3)C2)n1. The monoisotopic (exact) mass is 359 g/mol. The van der Waals surface area contributed by atoms with Gasteiger partial charge in [0.25, 0.3) is 0 Å². The highest BCUT2D eigenvalue weighted by Crippen LogP contribution is 2.20. The summed E-state index contributed by atoms with van der Waals surface area (Å²) >= 11 is 1.39. The average molecular weight is 359 g/mol. The van der Waals surface area contributed by atoms with Crippen LogP contribution in [0.2, 0.25) is 0 Å². The quantitative estimate of drug-likeness (QED) is 0.882. The molecule has 132 valence electrons. The Kier molecular flexibility index (Phi) is 5.28. The lowest BCUT2D eigenvalue weighted by atomic mass is 9.97. The normalized spacial score (nSPS) is 17.2. The number of carbonyl (C=O) groups excluding carboxylic acids is 2. The number of pyridine rings is 1. The molecule has 3 heterocycles. The van der Waals surface area contributed by atoms with Crippen molar-refractivity contribution in [3.63, 3.8) is 0 Å². The van der Waals surface area contributed by atoms with E-state index in [1.165, 1.54) is 11.3 Å². The fraction of sp³-hybridized carbons (Fsp3) is 0.412. The molecule has 3 amide bonds. The van der Waals surface area contributed by atoms with Gasteiger partial charge in [-0.15, -0.1) is 11.3 Å². The molecule has 0 aliphatic carbocycles. The van der Waals surface area contributed by atoms with E-state index in [4.69, 9.17) is 0 Å². The molecule has 2 aromatic heterocycles. The maximum Gasteiger partial charge on any atom is 0.323 e. The summed E-state index contributed by atoms with van der Waals surface area (Å²) in [7, 11) is 0. The van der Waals surface area contributed by atoms with Crippen LogP contribution in [-0.2, 0) is 4.79 Å². The Labute approximate surface area is 150 Å². The Morgan fingerprint density at radius 1 is 1.20 bits per heavy atom. The third-order valence-electron chi connectivity index (χ3n) is 4.05. The number of nitrogens with one attached hydrogen (secondary N) is 2. The van der Waals surface area contributed by atoms with Gasteiger partial charge in [-0.05, 0) is 38.8 Å². The standard InChI is InChI=1S/C17H21N5O2S/c1-11-5-3-7-14(18-11)20-15(23)13-6-4-8-22(9-13)17(24)21-16-19-12(2)10-25-16/h3,5,7,10,13H,4,6,8-9H2,1-2H3,(H,18,20,23)(H,19,21,24). The molecule has 0 bridgehead atoms. The first-order chi connectivity index (χ1) is 12.0. The van der Waals surface area contributed by atoms with E-state index in [1.807, 2.05) is 31.4 Å². The van der Waals surface area contributed by atoms with Gasteiger partial charge in [-0.3, -0.25) is 10.1 Å². The van der Waals surface area contributed by atoms with Gasteiger partial charge in [0.15, 0.2) is 5.13 Å². The summed E-state index contributed by atoms with van der Waals surface area (Å²) < 4.78 is 0.